The Morgan fingerprint density at radius 2 is 1.79 bits per heavy atom. The van der Waals surface area contributed by atoms with E-state index < -0.39 is 6.04 Å². The van der Waals surface area contributed by atoms with Crippen LogP contribution in [0.1, 0.15) is 44.2 Å². The Balaban J connectivity index is 2.33. The number of nitrogens with one attached hydrogen (secondary N) is 1. The van der Waals surface area contributed by atoms with E-state index in [9.17, 15) is 9.59 Å². The molecule has 6 heteroatoms. The van der Waals surface area contributed by atoms with E-state index in [1.54, 1.807) is 30.0 Å². The Bertz CT molecular complexity index is 812. The van der Waals surface area contributed by atoms with Gasteiger partial charge in [0.05, 0.1) is 0 Å². The van der Waals surface area contributed by atoms with E-state index in [-0.39, 0.29) is 18.4 Å². The van der Waals surface area contributed by atoms with Crippen molar-refractivity contribution in [1.29, 1.82) is 0 Å². The first-order chi connectivity index (χ1) is 14.0. The molecule has 1 N–H and O–H groups in total. The molecule has 2 aromatic carbocycles. The molecule has 0 saturated heterocycles. The Labute approximate surface area is 183 Å². The second kappa shape index (κ2) is 11.8. The Morgan fingerprint density at radius 3 is 2.41 bits per heavy atom. The average molecular weight is 435 g/mol. The van der Waals surface area contributed by atoms with Gasteiger partial charge in [-0.2, -0.15) is 0 Å². The monoisotopic (exact) mass is 434 g/mol. The van der Waals surface area contributed by atoms with Crippen molar-refractivity contribution in [2.24, 2.45) is 0 Å². The molecule has 0 saturated carbocycles. The fraction of sp³-hybridized carbons (Fsp3) is 0.391. The number of unbranched alkanes of at least 4 members (excludes halogenated alkanes) is 1. The second-order valence-electron chi connectivity index (χ2n) is 6.96. The maximum absolute atomic E-state index is 13.1. The van der Waals surface area contributed by atoms with E-state index >= 15 is 0 Å². The van der Waals surface area contributed by atoms with Crippen LogP contribution in [-0.4, -0.2) is 29.3 Å². The highest BCUT2D eigenvalue weighted by molar-refractivity contribution is 6.35. The summed E-state index contributed by atoms with van der Waals surface area (Å²) in [6.07, 6.45) is 2.63. The molecule has 0 bridgehead atoms. The van der Waals surface area contributed by atoms with Crippen LogP contribution in [0.4, 0.5) is 0 Å². The molecule has 0 aromatic heterocycles. The number of rotatable bonds is 10. The van der Waals surface area contributed by atoms with E-state index in [0.717, 1.165) is 24.0 Å². The molecule has 0 aliphatic carbocycles. The van der Waals surface area contributed by atoms with Gasteiger partial charge in [0.1, 0.15) is 6.04 Å². The van der Waals surface area contributed by atoms with Gasteiger partial charge in [-0.1, -0.05) is 79.9 Å². The zero-order chi connectivity index (χ0) is 21.2. The average Bonchev–Trinajstić information content (AvgIpc) is 2.72. The summed E-state index contributed by atoms with van der Waals surface area (Å²) in [5.74, 6) is -0.239. The van der Waals surface area contributed by atoms with Crippen molar-refractivity contribution in [3.8, 4) is 0 Å². The minimum atomic E-state index is -0.617. The molecule has 156 valence electrons. The molecule has 2 rings (SSSR count). The lowest BCUT2D eigenvalue weighted by Gasteiger charge is -2.31. The van der Waals surface area contributed by atoms with E-state index in [2.05, 4.69) is 12.2 Å². The topological polar surface area (TPSA) is 49.4 Å². The summed E-state index contributed by atoms with van der Waals surface area (Å²) in [6.45, 7) is 4.72. The van der Waals surface area contributed by atoms with Gasteiger partial charge in [-0.15, -0.1) is 0 Å². The van der Waals surface area contributed by atoms with Crippen LogP contribution in [-0.2, 0) is 22.6 Å². The standard InChI is InChI=1S/C23H28Cl2N2O2/c1-3-5-13-26-23(29)21(14-17-9-7-6-8-10-17)27(22(28)4-2)16-18-11-12-19(24)15-20(18)25/h6-12,15,21H,3-5,13-14,16H2,1-2H3,(H,26,29). The third-order valence-corrected chi connectivity index (χ3v) is 5.35. The first-order valence-electron chi connectivity index (χ1n) is 10.0. The van der Waals surface area contributed by atoms with E-state index in [1.165, 1.54) is 0 Å². The predicted molar refractivity (Wildman–Crippen MR) is 119 cm³/mol. The summed E-state index contributed by atoms with van der Waals surface area (Å²) in [5, 5.41) is 4.00. The Hall–Kier alpha value is -2.04. The van der Waals surface area contributed by atoms with Gasteiger partial charge in [0.2, 0.25) is 11.8 Å². The number of nitrogens with zero attached hydrogens (tertiary/aromatic N) is 1. The molecule has 0 heterocycles. The van der Waals surface area contributed by atoms with Gasteiger partial charge in [0, 0.05) is 36.0 Å². The lowest BCUT2D eigenvalue weighted by Crippen LogP contribution is -2.50. The van der Waals surface area contributed by atoms with Crippen molar-refractivity contribution in [1.82, 2.24) is 10.2 Å². The molecular weight excluding hydrogens is 407 g/mol. The molecule has 2 aromatic rings. The predicted octanol–water partition coefficient (Wildman–Crippen LogP) is 5.26. The smallest absolute Gasteiger partial charge is 0.243 e. The lowest BCUT2D eigenvalue weighted by atomic mass is 10.0. The Morgan fingerprint density at radius 1 is 1.07 bits per heavy atom. The van der Waals surface area contributed by atoms with Gasteiger partial charge in [0.25, 0.3) is 0 Å². The van der Waals surface area contributed by atoms with Crippen LogP contribution in [0.5, 0.6) is 0 Å². The molecular formula is C23H28Cl2N2O2. The van der Waals surface area contributed by atoms with Crippen LogP contribution >= 0.6 is 23.2 Å². The molecule has 1 unspecified atom stereocenters. The van der Waals surface area contributed by atoms with Gasteiger partial charge in [-0.25, -0.2) is 0 Å². The van der Waals surface area contributed by atoms with Crippen LogP contribution in [0, 0.1) is 0 Å². The van der Waals surface area contributed by atoms with Crippen LogP contribution in [0.2, 0.25) is 10.0 Å². The maximum atomic E-state index is 13.1. The maximum Gasteiger partial charge on any atom is 0.243 e. The van der Waals surface area contributed by atoms with Gasteiger partial charge in [-0.3, -0.25) is 9.59 Å². The molecule has 29 heavy (non-hydrogen) atoms. The molecule has 4 nitrogen and oxygen atoms in total. The van der Waals surface area contributed by atoms with E-state index in [0.29, 0.717) is 29.4 Å². The quantitative estimate of drug-likeness (QED) is 0.518. The summed E-state index contributed by atoms with van der Waals surface area (Å²) >= 11 is 12.4. The van der Waals surface area contributed by atoms with Crippen molar-refractivity contribution in [2.45, 2.75) is 52.1 Å². The highest BCUT2D eigenvalue weighted by Crippen LogP contribution is 2.24. The number of hydrogen-bond donors (Lipinski definition) is 1. The van der Waals surface area contributed by atoms with Gasteiger partial charge < -0.3 is 10.2 Å². The Kier molecular flexibility index (Phi) is 9.49. The highest BCUT2D eigenvalue weighted by Gasteiger charge is 2.29. The molecule has 2 amide bonds. The van der Waals surface area contributed by atoms with Crippen LogP contribution in [0.3, 0.4) is 0 Å². The minimum absolute atomic E-state index is 0.0948. The normalized spacial score (nSPS) is 11.7. The summed E-state index contributed by atoms with van der Waals surface area (Å²) < 4.78 is 0. The molecule has 1 atom stereocenters. The van der Waals surface area contributed by atoms with Crippen LogP contribution < -0.4 is 5.32 Å². The number of hydrogen-bond acceptors (Lipinski definition) is 2. The summed E-state index contributed by atoms with van der Waals surface area (Å²) in [7, 11) is 0. The van der Waals surface area contributed by atoms with Crippen LogP contribution in [0.25, 0.3) is 0 Å². The van der Waals surface area contributed by atoms with Crippen molar-refractivity contribution in [3.63, 3.8) is 0 Å². The minimum Gasteiger partial charge on any atom is -0.354 e. The lowest BCUT2D eigenvalue weighted by molar-refractivity contribution is -0.141. The number of amides is 2. The molecule has 0 aliphatic rings. The first-order valence-corrected chi connectivity index (χ1v) is 10.8. The van der Waals surface area contributed by atoms with Crippen molar-refractivity contribution < 1.29 is 9.59 Å². The molecule has 0 spiro atoms. The number of halogens is 2. The van der Waals surface area contributed by atoms with Crippen molar-refractivity contribution >= 4 is 35.0 Å². The van der Waals surface area contributed by atoms with Gasteiger partial charge in [-0.05, 0) is 29.7 Å². The highest BCUT2D eigenvalue weighted by atomic mass is 35.5. The zero-order valence-corrected chi connectivity index (χ0v) is 18.5. The molecule has 0 aliphatic heterocycles. The fourth-order valence-corrected chi connectivity index (χ4v) is 3.56. The number of carbonyl (C=O) groups is 2. The third kappa shape index (κ3) is 7.06. The summed E-state index contributed by atoms with van der Waals surface area (Å²) in [6, 6.07) is 14.3. The third-order valence-electron chi connectivity index (χ3n) is 4.76. The van der Waals surface area contributed by atoms with E-state index in [1.807, 2.05) is 30.3 Å². The number of benzene rings is 2. The largest absolute Gasteiger partial charge is 0.354 e. The molecule has 0 fully saturated rings. The summed E-state index contributed by atoms with van der Waals surface area (Å²) in [5.41, 5.74) is 1.76. The van der Waals surface area contributed by atoms with E-state index in [4.69, 9.17) is 23.2 Å². The van der Waals surface area contributed by atoms with Crippen LogP contribution in [0.15, 0.2) is 48.5 Å². The first kappa shape index (κ1) is 23.2. The van der Waals surface area contributed by atoms with Gasteiger partial charge in [0.15, 0.2) is 0 Å². The summed E-state index contributed by atoms with van der Waals surface area (Å²) in [4.78, 5) is 27.5. The fourth-order valence-electron chi connectivity index (χ4n) is 3.10. The number of carbonyl (C=O) groups excluding carboxylic acids is 2. The molecule has 0 radical (unpaired) electrons. The SMILES string of the molecule is CCCCNC(=O)C(Cc1ccccc1)N(Cc1ccc(Cl)cc1Cl)C(=O)CC. The second-order valence-corrected chi connectivity index (χ2v) is 7.80. The van der Waals surface area contributed by atoms with Crippen molar-refractivity contribution in [3.05, 3.63) is 69.7 Å². The van der Waals surface area contributed by atoms with Gasteiger partial charge >= 0.3 is 0 Å². The zero-order valence-electron chi connectivity index (χ0n) is 17.0. The van der Waals surface area contributed by atoms with Crippen molar-refractivity contribution in [2.75, 3.05) is 6.54 Å².